The van der Waals surface area contributed by atoms with Gasteiger partial charge in [-0.3, -0.25) is 4.79 Å². The second-order valence-corrected chi connectivity index (χ2v) is 8.35. The Kier molecular flexibility index (Phi) is 5.94. The molecule has 0 bridgehead atoms. The molecule has 28 heavy (non-hydrogen) atoms. The quantitative estimate of drug-likeness (QED) is 0.612. The zero-order valence-corrected chi connectivity index (χ0v) is 17.0. The molecule has 1 fully saturated rings. The zero-order chi connectivity index (χ0) is 20.6. The summed E-state index contributed by atoms with van der Waals surface area (Å²) in [6.07, 6.45) is 6.20. The largest absolute Gasteiger partial charge is 0.335 e. The summed E-state index contributed by atoms with van der Waals surface area (Å²) in [5.41, 5.74) is -1.63. The number of carbonyl (C=O) groups is 1. The van der Waals surface area contributed by atoms with E-state index in [-0.39, 0.29) is 17.4 Å². The molecule has 1 amide bonds. The minimum Gasteiger partial charge on any atom is -0.335 e. The molecule has 0 aliphatic heterocycles. The average molecular weight is 416 g/mol. The van der Waals surface area contributed by atoms with E-state index in [9.17, 15) is 18.0 Å². The normalized spacial score (nSPS) is 24.6. The maximum Gasteiger partial charge on any atom is 0.283 e. The number of halogens is 4. The maximum absolute atomic E-state index is 14.5. The van der Waals surface area contributed by atoms with Crippen LogP contribution < -0.4 is 0 Å². The first-order chi connectivity index (χ1) is 13.2. The SMILES string of the molecule is CCCC1(C)C=CC(Cl)=CC1CN(C(=O)c1c(C(F)F)nn(C)c1F)C1CC1. The Bertz CT molecular complexity index is 816. The van der Waals surface area contributed by atoms with Gasteiger partial charge in [-0.2, -0.15) is 9.49 Å². The van der Waals surface area contributed by atoms with Crippen molar-refractivity contribution in [2.24, 2.45) is 18.4 Å². The molecule has 0 saturated heterocycles. The predicted molar refractivity (Wildman–Crippen MR) is 102 cm³/mol. The monoisotopic (exact) mass is 415 g/mol. The van der Waals surface area contributed by atoms with Gasteiger partial charge >= 0.3 is 0 Å². The van der Waals surface area contributed by atoms with Crippen LogP contribution in [0.3, 0.4) is 0 Å². The van der Waals surface area contributed by atoms with Crippen LogP contribution in [-0.4, -0.2) is 33.2 Å². The third-order valence-electron chi connectivity index (χ3n) is 5.69. The molecule has 0 N–H and O–H groups in total. The molecule has 1 saturated carbocycles. The summed E-state index contributed by atoms with van der Waals surface area (Å²) in [7, 11) is 1.21. The Morgan fingerprint density at radius 3 is 2.71 bits per heavy atom. The molecule has 8 heteroatoms. The molecule has 3 rings (SSSR count). The summed E-state index contributed by atoms with van der Waals surface area (Å²) < 4.78 is 41.9. The number of hydrogen-bond acceptors (Lipinski definition) is 2. The number of alkyl halides is 2. The van der Waals surface area contributed by atoms with E-state index in [4.69, 9.17) is 11.6 Å². The third kappa shape index (κ3) is 4.00. The molecule has 1 heterocycles. The van der Waals surface area contributed by atoms with E-state index >= 15 is 0 Å². The van der Waals surface area contributed by atoms with Crippen molar-refractivity contribution in [2.45, 2.75) is 52.0 Å². The average Bonchev–Trinajstić information content (AvgIpc) is 3.42. The molecule has 154 valence electrons. The Balaban J connectivity index is 1.93. The van der Waals surface area contributed by atoms with Crippen LogP contribution in [0, 0.1) is 17.3 Å². The minimum atomic E-state index is -3.02. The number of hydrogen-bond donors (Lipinski definition) is 0. The van der Waals surface area contributed by atoms with Crippen molar-refractivity contribution in [3.05, 3.63) is 40.5 Å². The number of allylic oxidation sites excluding steroid dienone is 3. The molecule has 2 aliphatic rings. The summed E-state index contributed by atoms with van der Waals surface area (Å²) >= 11 is 6.21. The fraction of sp³-hybridized carbons (Fsp3) is 0.600. The van der Waals surface area contributed by atoms with Gasteiger partial charge in [0.1, 0.15) is 11.3 Å². The summed E-state index contributed by atoms with van der Waals surface area (Å²) in [4.78, 5) is 14.7. The number of amides is 1. The number of aromatic nitrogens is 2. The highest BCUT2D eigenvalue weighted by atomic mass is 35.5. The standard InChI is InChI=1S/C20H25ClF3N3O/c1-4-8-20(2)9-7-13(21)10-12(20)11-27(14-5-6-14)19(28)15-16(17(22)23)25-26(3)18(15)24/h7,9-10,12,14,17H,4-6,8,11H2,1-3H3. The van der Waals surface area contributed by atoms with Gasteiger partial charge < -0.3 is 4.90 Å². The summed E-state index contributed by atoms with van der Waals surface area (Å²) in [5, 5.41) is 4.10. The molecule has 1 aromatic heterocycles. The first kappa shape index (κ1) is 21.0. The van der Waals surface area contributed by atoms with Crippen molar-refractivity contribution in [3.63, 3.8) is 0 Å². The number of carbonyl (C=O) groups excluding carboxylic acids is 1. The Hall–Kier alpha value is -1.76. The first-order valence-corrected chi connectivity index (χ1v) is 9.93. The van der Waals surface area contributed by atoms with E-state index in [1.807, 2.05) is 18.2 Å². The van der Waals surface area contributed by atoms with Gasteiger partial charge in [-0.15, -0.1) is 0 Å². The molecule has 0 aromatic carbocycles. The van der Waals surface area contributed by atoms with Gasteiger partial charge in [0.15, 0.2) is 0 Å². The van der Waals surface area contributed by atoms with E-state index in [1.54, 1.807) is 0 Å². The molecule has 4 nitrogen and oxygen atoms in total. The molecule has 0 spiro atoms. The van der Waals surface area contributed by atoms with Gasteiger partial charge in [0.25, 0.3) is 12.3 Å². The van der Waals surface area contributed by atoms with Gasteiger partial charge in [0.2, 0.25) is 5.95 Å². The molecular weight excluding hydrogens is 391 g/mol. The van der Waals surface area contributed by atoms with E-state index in [2.05, 4.69) is 18.9 Å². The van der Waals surface area contributed by atoms with Gasteiger partial charge in [-0.25, -0.2) is 13.5 Å². The molecule has 2 atom stereocenters. The molecule has 2 aliphatic carbocycles. The lowest BCUT2D eigenvalue weighted by molar-refractivity contribution is 0.0671. The summed E-state index contributed by atoms with van der Waals surface area (Å²) in [6.45, 7) is 4.49. The van der Waals surface area contributed by atoms with E-state index in [1.165, 1.54) is 11.9 Å². The number of aryl methyl sites for hydroxylation is 1. The lowest BCUT2D eigenvalue weighted by Gasteiger charge is -2.39. The number of nitrogens with zero attached hydrogens (tertiary/aromatic N) is 3. The molecule has 1 aromatic rings. The van der Waals surface area contributed by atoms with Crippen molar-refractivity contribution >= 4 is 17.5 Å². The smallest absolute Gasteiger partial charge is 0.283 e. The second-order valence-electron chi connectivity index (χ2n) is 7.91. The Morgan fingerprint density at radius 2 is 2.14 bits per heavy atom. The van der Waals surface area contributed by atoms with Crippen LogP contribution >= 0.6 is 11.6 Å². The highest BCUT2D eigenvalue weighted by Crippen LogP contribution is 2.42. The maximum atomic E-state index is 14.5. The van der Waals surface area contributed by atoms with Gasteiger partial charge in [-0.1, -0.05) is 44.0 Å². The highest BCUT2D eigenvalue weighted by Gasteiger charge is 2.42. The molecule has 0 radical (unpaired) electrons. The summed E-state index contributed by atoms with van der Waals surface area (Å²) in [5.74, 6) is -1.83. The minimum absolute atomic E-state index is 0.0680. The first-order valence-electron chi connectivity index (χ1n) is 9.56. The van der Waals surface area contributed by atoms with E-state index < -0.39 is 29.5 Å². The van der Waals surface area contributed by atoms with Crippen molar-refractivity contribution < 1.29 is 18.0 Å². The van der Waals surface area contributed by atoms with Crippen LogP contribution in [0.5, 0.6) is 0 Å². The molecular formula is C20H25ClF3N3O. The topological polar surface area (TPSA) is 38.1 Å². The van der Waals surface area contributed by atoms with Gasteiger partial charge in [-0.05, 0) is 30.8 Å². The van der Waals surface area contributed by atoms with Gasteiger partial charge in [0, 0.05) is 30.6 Å². The fourth-order valence-electron chi connectivity index (χ4n) is 3.91. The van der Waals surface area contributed by atoms with Crippen LogP contribution in [0.4, 0.5) is 13.2 Å². The van der Waals surface area contributed by atoms with Crippen molar-refractivity contribution in [1.82, 2.24) is 14.7 Å². The van der Waals surface area contributed by atoms with Crippen LogP contribution in [0.2, 0.25) is 0 Å². The molecule has 2 unspecified atom stereocenters. The van der Waals surface area contributed by atoms with Crippen LogP contribution in [-0.2, 0) is 7.05 Å². The zero-order valence-electron chi connectivity index (χ0n) is 16.3. The van der Waals surface area contributed by atoms with Crippen molar-refractivity contribution in [3.8, 4) is 0 Å². The Labute approximate surface area is 168 Å². The Morgan fingerprint density at radius 1 is 1.46 bits per heavy atom. The third-order valence-corrected chi connectivity index (χ3v) is 5.94. The van der Waals surface area contributed by atoms with Crippen molar-refractivity contribution in [2.75, 3.05) is 6.54 Å². The van der Waals surface area contributed by atoms with Gasteiger partial charge in [0.05, 0.1) is 0 Å². The van der Waals surface area contributed by atoms with E-state index in [0.29, 0.717) is 16.3 Å². The van der Waals surface area contributed by atoms with Crippen LogP contribution in [0.25, 0.3) is 0 Å². The lowest BCUT2D eigenvalue weighted by atomic mass is 9.71. The van der Waals surface area contributed by atoms with Crippen molar-refractivity contribution in [1.29, 1.82) is 0 Å². The summed E-state index contributed by atoms with van der Waals surface area (Å²) in [6, 6.07) is -0.0680. The fourth-order valence-corrected chi connectivity index (χ4v) is 4.13. The highest BCUT2D eigenvalue weighted by molar-refractivity contribution is 6.31. The lowest BCUT2D eigenvalue weighted by Crippen LogP contribution is -2.42. The predicted octanol–water partition coefficient (Wildman–Crippen LogP) is 5.22. The second kappa shape index (κ2) is 7.93. The van der Waals surface area contributed by atoms with Crippen LogP contribution in [0.15, 0.2) is 23.3 Å². The van der Waals surface area contributed by atoms with E-state index in [0.717, 1.165) is 25.7 Å². The number of rotatable bonds is 7. The van der Waals surface area contributed by atoms with Crippen LogP contribution in [0.1, 0.15) is 62.0 Å².